The molecule has 0 aliphatic carbocycles. The average molecular weight is 445 g/mol. The molecule has 0 atom stereocenters. The number of rotatable bonds is 8. The van der Waals surface area contributed by atoms with Crippen molar-refractivity contribution in [2.45, 2.75) is 31.7 Å². The number of benzene rings is 1. The smallest absolute Gasteiger partial charge is 0.235 e. The summed E-state index contributed by atoms with van der Waals surface area (Å²) in [5, 5.41) is 24.3. The fourth-order valence-electron chi connectivity index (χ4n) is 2.89. The van der Waals surface area contributed by atoms with Gasteiger partial charge in [0.05, 0.1) is 11.3 Å². The van der Waals surface area contributed by atoms with Crippen LogP contribution < -0.4 is 10.6 Å². The van der Waals surface area contributed by atoms with E-state index in [2.05, 4.69) is 26.9 Å². The molecule has 1 aromatic carbocycles. The minimum absolute atomic E-state index is 0.144. The molecule has 0 aliphatic heterocycles. The molecule has 2 heterocycles. The molecule has 0 saturated heterocycles. The topological polar surface area (TPSA) is 95.6 Å². The van der Waals surface area contributed by atoms with E-state index >= 15 is 0 Å². The van der Waals surface area contributed by atoms with E-state index in [-0.39, 0.29) is 17.5 Å². The van der Waals surface area contributed by atoms with Crippen LogP contribution in [0.3, 0.4) is 0 Å². The Morgan fingerprint density at radius 1 is 1.30 bits per heavy atom. The summed E-state index contributed by atoms with van der Waals surface area (Å²) < 4.78 is 15.8. The van der Waals surface area contributed by atoms with Gasteiger partial charge in [-0.05, 0) is 44.0 Å². The molecule has 30 heavy (non-hydrogen) atoms. The van der Waals surface area contributed by atoms with E-state index in [0.717, 1.165) is 23.4 Å². The van der Waals surface area contributed by atoms with Crippen molar-refractivity contribution in [3.05, 3.63) is 52.5 Å². The highest BCUT2D eigenvalue weighted by atomic mass is 32.2. The normalized spacial score (nSPS) is 10.6. The first-order valence-corrected chi connectivity index (χ1v) is 11.1. The van der Waals surface area contributed by atoms with E-state index < -0.39 is 0 Å². The molecule has 2 N–H and O–H groups in total. The molecule has 0 radical (unpaired) electrons. The number of thioether (sulfide) groups is 1. The zero-order valence-corrected chi connectivity index (χ0v) is 18.5. The van der Waals surface area contributed by atoms with Gasteiger partial charge in [-0.2, -0.15) is 5.26 Å². The Morgan fingerprint density at radius 3 is 2.70 bits per heavy atom. The predicted molar refractivity (Wildman–Crippen MR) is 118 cm³/mol. The number of amides is 1. The summed E-state index contributed by atoms with van der Waals surface area (Å²) in [5.74, 6) is 0.0461. The van der Waals surface area contributed by atoms with Crippen molar-refractivity contribution in [1.29, 1.82) is 5.26 Å². The van der Waals surface area contributed by atoms with E-state index in [1.54, 1.807) is 12.1 Å². The third kappa shape index (κ3) is 4.98. The average Bonchev–Trinajstić information content (AvgIpc) is 3.26. The second-order valence-electron chi connectivity index (χ2n) is 6.50. The first-order chi connectivity index (χ1) is 14.4. The quantitative estimate of drug-likeness (QED) is 0.506. The number of nitrogens with one attached hydrogen (secondary N) is 2. The number of carbonyl (C=O) groups is 1. The van der Waals surface area contributed by atoms with Gasteiger partial charge in [-0.1, -0.05) is 35.2 Å². The highest BCUT2D eigenvalue weighted by molar-refractivity contribution is 8.01. The monoisotopic (exact) mass is 444 g/mol. The summed E-state index contributed by atoms with van der Waals surface area (Å²) in [5.41, 5.74) is 2.98. The van der Waals surface area contributed by atoms with Crippen LogP contribution in [0.25, 0.3) is 0 Å². The Balaban J connectivity index is 1.76. The van der Waals surface area contributed by atoms with Gasteiger partial charge in [0, 0.05) is 18.8 Å². The minimum atomic E-state index is -0.309. The lowest BCUT2D eigenvalue weighted by Crippen LogP contribution is -2.18. The van der Waals surface area contributed by atoms with Gasteiger partial charge in [0.15, 0.2) is 4.34 Å². The van der Waals surface area contributed by atoms with Crippen molar-refractivity contribution in [3.63, 3.8) is 0 Å². The first kappa shape index (κ1) is 21.8. The molecule has 7 nitrogen and oxygen atoms in total. The lowest BCUT2D eigenvalue weighted by molar-refractivity contribution is -0.113. The van der Waals surface area contributed by atoms with Crippen molar-refractivity contribution in [3.8, 4) is 6.07 Å². The van der Waals surface area contributed by atoms with Crippen molar-refractivity contribution in [2.75, 3.05) is 22.9 Å². The van der Waals surface area contributed by atoms with E-state index in [0.29, 0.717) is 27.4 Å². The highest BCUT2D eigenvalue weighted by Crippen LogP contribution is 2.29. The second-order valence-corrected chi connectivity index (χ2v) is 8.70. The first-order valence-electron chi connectivity index (χ1n) is 9.27. The van der Waals surface area contributed by atoms with E-state index in [4.69, 9.17) is 0 Å². The Bertz CT molecular complexity index is 1080. The van der Waals surface area contributed by atoms with E-state index in [1.165, 1.54) is 35.2 Å². The van der Waals surface area contributed by atoms with Crippen LogP contribution in [0.4, 0.5) is 15.3 Å². The number of hydrogen-bond acceptors (Lipinski definition) is 7. The number of aromatic nitrogens is 3. The molecule has 0 fully saturated rings. The molecule has 156 valence electrons. The lowest BCUT2D eigenvalue weighted by Gasteiger charge is -2.13. The maximum Gasteiger partial charge on any atom is 0.235 e. The second kappa shape index (κ2) is 9.73. The van der Waals surface area contributed by atoms with Crippen molar-refractivity contribution >= 4 is 40.0 Å². The number of hydrogen-bond donors (Lipinski definition) is 2. The van der Waals surface area contributed by atoms with Crippen LogP contribution in [0.15, 0.2) is 28.6 Å². The lowest BCUT2D eigenvalue weighted by atomic mass is 10.2. The number of halogens is 1. The van der Waals surface area contributed by atoms with Crippen LogP contribution in [0.1, 0.15) is 29.3 Å². The molecule has 0 saturated carbocycles. The fourth-order valence-corrected chi connectivity index (χ4v) is 4.51. The van der Waals surface area contributed by atoms with Crippen LogP contribution >= 0.6 is 23.1 Å². The van der Waals surface area contributed by atoms with Crippen molar-refractivity contribution in [1.82, 2.24) is 14.8 Å². The Hall–Kier alpha value is -2.90. The van der Waals surface area contributed by atoms with Gasteiger partial charge in [0.1, 0.15) is 17.7 Å². The number of anilines is 2. The summed E-state index contributed by atoms with van der Waals surface area (Å²) in [4.78, 5) is 12.6. The van der Waals surface area contributed by atoms with Crippen LogP contribution in [0.2, 0.25) is 0 Å². The molecular weight excluding hydrogens is 423 g/mol. The minimum Gasteiger partial charge on any atom is -0.360 e. The third-order valence-corrected chi connectivity index (χ3v) is 6.53. The summed E-state index contributed by atoms with van der Waals surface area (Å²) in [6.45, 7) is 6.89. The number of nitriles is 1. The zero-order chi connectivity index (χ0) is 21.7. The largest absolute Gasteiger partial charge is 0.360 e. The van der Waals surface area contributed by atoms with Gasteiger partial charge in [-0.3, -0.25) is 4.79 Å². The van der Waals surface area contributed by atoms with Crippen molar-refractivity contribution in [2.24, 2.45) is 0 Å². The van der Waals surface area contributed by atoms with E-state index in [9.17, 15) is 14.4 Å². The van der Waals surface area contributed by atoms with Crippen LogP contribution in [0.5, 0.6) is 0 Å². The summed E-state index contributed by atoms with van der Waals surface area (Å²) in [6, 6.07) is 8.35. The molecule has 2 aromatic heterocycles. The van der Waals surface area contributed by atoms with Crippen LogP contribution in [-0.4, -0.2) is 33.0 Å². The molecule has 1 amide bonds. The fraction of sp³-hybridized carbons (Fsp3) is 0.300. The maximum absolute atomic E-state index is 13.2. The molecule has 0 unspecified atom stereocenters. The molecule has 10 heteroatoms. The molecular formula is C20H21FN6OS2. The third-order valence-electron chi connectivity index (χ3n) is 4.51. The van der Waals surface area contributed by atoms with Gasteiger partial charge in [0.25, 0.3) is 0 Å². The zero-order valence-electron chi connectivity index (χ0n) is 16.8. The molecule has 0 bridgehead atoms. The summed E-state index contributed by atoms with van der Waals surface area (Å²) in [6.07, 6.45) is 0. The SMILES string of the molecule is CCNc1nnc(SCC(=O)Nc2c(C#N)c(C)c(C)n2Cc2ccc(F)cc2)s1. The maximum atomic E-state index is 13.2. The molecule has 3 aromatic rings. The van der Waals surface area contributed by atoms with Crippen LogP contribution in [0, 0.1) is 31.0 Å². The number of nitrogens with zero attached hydrogens (tertiary/aromatic N) is 4. The molecule has 3 rings (SSSR count). The van der Waals surface area contributed by atoms with Gasteiger partial charge in [0.2, 0.25) is 11.0 Å². The van der Waals surface area contributed by atoms with E-state index in [1.807, 2.05) is 25.3 Å². The molecule has 0 spiro atoms. The Morgan fingerprint density at radius 2 is 2.03 bits per heavy atom. The molecule has 0 aliphatic rings. The van der Waals surface area contributed by atoms with Gasteiger partial charge in [-0.25, -0.2) is 4.39 Å². The summed E-state index contributed by atoms with van der Waals surface area (Å²) >= 11 is 2.68. The highest BCUT2D eigenvalue weighted by Gasteiger charge is 2.20. The standard InChI is InChI=1S/C20H21FN6OS2/c1-4-23-19-25-26-20(30-19)29-11-17(28)24-18-16(9-22)12(2)13(3)27(18)10-14-5-7-15(21)8-6-14/h5-8H,4,10-11H2,1-3H3,(H,23,25)(H,24,28). The van der Waals surface area contributed by atoms with Crippen LogP contribution in [-0.2, 0) is 11.3 Å². The van der Waals surface area contributed by atoms with Gasteiger partial charge >= 0.3 is 0 Å². The van der Waals surface area contributed by atoms with Gasteiger partial charge in [-0.15, -0.1) is 10.2 Å². The summed E-state index contributed by atoms with van der Waals surface area (Å²) in [7, 11) is 0. The predicted octanol–water partition coefficient (Wildman–Crippen LogP) is 4.18. The Kier molecular flexibility index (Phi) is 7.07. The van der Waals surface area contributed by atoms with Gasteiger partial charge < -0.3 is 15.2 Å². The number of carbonyl (C=O) groups excluding carboxylic acids is 1. The van der Waals surface area contributed by atoms with Crippen molar-refractivity contribution < 1.29 is 9.18 Å². The Labute approximate surface area is 182 Å².